The van der Waals surface area contributed by atoms with Gasteiger partial charge in [-0.15, -0.1) is 11.3 Å². The number of hydrazone groups is 1. The number of hydrogen-bond acceptors (Lipinski definition) is 6. The van der Waals surface area contributed by atoms with Crippen LogP contribution >= 0.6 is 11.3 Å². The summed E-state index contributed by atoms with van der Waals surface area (Å²) in [6.07, 6.45) is 0.472. The maximum absolute atomic E-state index is 12.8. The molecule has 5 rings (SSSR count). The Balaban J connectivity index is 1.24. The molecule has 0 bridgehead atoms. The van der Waals surface area contributed by atoms with Gasteiger partial charge in [-0.25, -0.2) is 9.99 Å². The molecule has 1 aliphatic rings. The van der Waals surface area contributed by atoms with Gasteiger partial charge in [-0.3, -0.25) is 19.7 Å². The van der Waals surface area contributed by atoms with Crippen LogP contribution in [0.3, 0.4) is 0 Å². The highest BCUT2D eigenvalue weighted by atomic mass is 32.1. The number of rotatable bonds is 6. The lowest BCUT2D eigenvalue weighted by Crippen LogP contribution is -2.36. The van der Waals surface area contributed by atoms with Gasteiger partial charge in [0.2, 0.25) is 5.91 Å². The van der Waals surface area contributed by atoms with E-state index in [4.69, 9.17) is 0 Å². The highest BCUT2D eigenvalue weighted by molar-refractivity contribution is 7.14. The molecular weight excluding hydrogens is 474 g/mol. The molecule has 0 unspecified atom stereocenters. The topological polar surface area (TPSA) is 104 Å². The van der Waals surface area contributed by atoms with Crippen molar-refractivity contribution in [3.8, 4) is 11.3 Å². The van der Waals surface area contributed by atoms with Crippen LogP contribution in [0.25, 0.3) is 11.3 Å². The molecule has 0 aliphatic carbocycles. The third-order valence-corrected chi connectivity index (χ3v) is 6.25. The van der Waals surface area contributed by atoms with Crippen LogP contribution in [-0.2, 0) is 9.59 Å². The van der Waals surface area contributed by atoms with Crippen LogP contribution in [-0.4, -0.2) is 28.4 Å². The van der Waals surface area contributed by atoms with Gasteiger partial charge >= 0.3 is 0 Å². The second-order valence-electron chi connectivity index (χ2n) is 7.98. The van der Waals surface area contributed by atoms with Crippen molar-refractivity contribution in [1.29, 1.82) is 0 Å². The van der Waals surface area contributed by atoms with Crippen molar-refractivity contribution in [2.45, 2.75) is 12.8 Å². The summed E-state index contributed by atoms with van der Waals surface area (Å²) in [5.74, 6) is -0.721. The monoisotopic (exact) mass is 495 g/mol. The molecule has 0 fully saturated rings. The Morgan fingerprint density at radius 2 is 1.50 bits per heavy atom. The average molecular weight is 496 g/mol. The van der Waals surface area contributed by atoms with E-state index in [1.165, 1.54) is 16.3 Å². The van der Waals surface area contributed by atoms with E-state index < -0.39 is 0 Å². The number of aromatic nitrogens is 1. The van der Waals surface area contributed by atoms with E-state index in [0.29, 0.717) is 27.8 Å². The quantitative estimate of drug-likeness (QED) is 0.384. The van der Waals surface area contributed by atoms with Gasteiger partial charge in [0.25, 0.3) is 11.8 Å². The van der Waals surface area contributed by atoms with Crippen molar-refractivity contribution in [3.05, 3.63) is 95.9 Å². The molecule has 178 valence electrons. The fraction of sp³-hybridized carbons (Fsp3) is 0.0741. The van der Waals surface area contributed by atoms with E-state index >= 15 is 0 Å². The molecule has 0 saturated carbocycles. The first-order valence-corrected chi connectivity index (χ1v) is 12.1. The van der Waals surface area contributed by atoms with Gasteiger partial charge < -0.3 is 5.32 Å². The van der Waals surface area contributed by atoms with Crippen LogP contribution < -0.4 is 15.6 Å². The average Bonchev–Trinajstić information content (AvgIpc) is 3.38. The summed E-state index contributed by atoms with van der Waals surface area (Å²) in [5.41, 5.74) is 3.69. The predicted molar refractivity (Wildman–Crippen MR) is 141 cm³/mol. The van der Waals surface area contributed by atoms with Crippen LogP contribution in [0.2, 0.25) is 0 Å². The SMILES string of the molecule is O=C(Nc1nc(-c2ccc(NC(=O)c3ccccc3)cc2)cs1)C1=NN(c2ccccc2)C(=O)CC1. The van der Waals surface area contributed by atoms with Crippen molar-refractivity contribution in [2.24, 2.45) is 5.10 Å². The number of para-hydroxylation sites is 1. The Hall–Kier alpha value is -4.63. The molecule has 0 saturated heterocycles. The Morgan fingerprint density at radius 1 is 0.806 bits per heavy atom. The third kappa shape index (κ3) is 5.21. The summed E-state index contributed by atoms with van der Waals surface area (Å²) in [4.78, 5) is 41.9. The van der Waals surface area contributed by atoms with Crippen LogP contribution in [0.4, 0.5) is 16.5 Å². The lowest BCUT2D eigenvalue weighted by atomic mass is 10.1. The second kappa shape index (κ2) is 10.3. The van der Waals surface area contributed by atoms with E-state index in [2.05, 4.69) is 20.7 Å². The minimum atomic E-state index is -0.386. The number of thiazole rings is 1. The van der Waals surface area contributed by atoms with Gasteiger partial charge in [0.05, 0.1) is 11.4 Å². The first kappa shape index (κ1) is 23.1. The third-order valence-electron chi connectivity index (χ3n) is 5.49. The number of amides is 3. The van der Waals surface area contributed by atoms with Crippen LogP contribution in [0, 0.1) is 0 Å². The molecule has 3 amide bonds. The zero-order valence-electron chi connectivity index (χ0n) is 19.0. The molecule has 36 heavy (non-hydrogen) atoms. The second-order valence-corrected chi connectivity index (χ2v) is 8.84. The highest BCUT2D eigenvalue weighted by Crippen LogP contribution is 2.27. The van der Waals surface area contributed by atoms with Gasteiger partial charge in [0, 0.05) is 35.0 Å². The molecule has 4 aromatic rings. The molecule has 0 radical (unpaired) electrons. The minimum Gasteiger partial charge on any atom is -0.322 e. The minimum absolute atomic E-state index is 0.155. The Bertz CT molecular complexity index is 1430. The fourth-order valence-corrected chi connectivity index (χ4v) is 4.35. The van der Waals surface area contributed by atoms with Crippen LogP contribution in [0.1, 0.15) is 23.2 Å². The van der Waals surface area contributed by atoms with E-state index in [1.807, 2.05) is 53.9 Å². The van der Waals surface area contributed by atoms with Crippen molar-refractivity contribution >= 4 is 51.3 Å². The van der Waals surface area contributed by atoms with E-state index in [9.17, 15) is 14.4 Å². The lowest BCUT2D eigenvalue weighted by molar-refractivity contribution is -0.118. The molecule has 2 N–H and O–H groups in total. The van der Waals surface area contributed by atoms with Crippen molar-refractivity contribution in [1.82, 2.24) is 4.98 Å². The van der Waals surface area contributed by atoms with Gasteiger partial charge in [-0.2, -0.15) is 5.10 Å². The summed E-state index contributed by atoms with van der Waals surface area (Å²) in [6.45, 7) is 0. The number of benzene rings is 3. The molecule has 9 heteroatoms. The maximum atomic E-state index is 12.8. The van der Waals surface area contributed by atoms with Crippen LogP contribution in [0.5, 0.6) is 0 Å². The molecular formula is C27H21N5O3S. The fourth-order valence-electron chi connectivity index (χ4n) is 3.64. The largest absolute Gasteiger partial charge is 0.322 e. The number of nitrogens with one attached hydrogen (secondary N) is 2. The normalized spacial score (nSPS) is 13.2. The number of carbonyl (C=O) groups is 3. The molecule has 3 aromatic carbocycles. The summed E-state index contributed by atoms with van der Waals surface area (Å²) in [7, 11) is 0. The first-order chi connectivity index (χ1) is 17.6. The zero-order valence-corrected chi connectivity index (χ0v) is 19.9. The number of hydrogen-bond donors (Lipinski definition) is 2. The van der Waals surface area contributed by atoms with E-state index in [1.54, 1.807) is 36.4 Å². The molecule has 1 aliphatic heterocycles. The molecule has 2 heterocycles. The maximum Gasteiger partial charge on any atom is 0.273 e. The van der Waals surface area contributed by atoms with Gasteiger partial charge in [-0.05, 0) is 36.4 Å². The van der Waals surface area contributed by atoms with E-state index in [-0.39, 0.29) is 36.3 Å². The first-order valence-electron chi connectivity index (χ1n) is 11.3. The van der Waals surface area contributed by atoms with E-state index in [0.717, 1.165) is 5.56 Å². The summed E-state index contributed by atoms with van der Waals surface area (Å²) < 4.78 is 0. The van der Waals surface area contributed by atoms with Crippen molar-refractivity contribution < 1.29 is 14.4 Å². The molecule has 1 aromatic heterocycles. The van der Waals surface area contributed by atoms with Crippen molar-refractivity contribution in [2.75, 3.05) is 15.6 Å². The zero-order chi connectivity index (χ0) is 24.9. The summed E-state index contributed by atoms with van der Waals surface area (Å²) >= 11 is 1.30. The van der Waals surface area contributed by atoms with Gasteiger partial charge in [0.1, 0.15) is 5.71 Å². The van der Waals surface area contributed by atoms with Gasteiger partial charge in [-0.1, -0.05) is 48.5 Å². The summed E-state index contributed by atoms with van der Waals surface area (Å²) in [6, 6.07) is 25.3. The van der Waals surface area contributed by atoms with Gasteiger partial charge in [0.15, 0.2) is 5.13 Å². The molecule has 0 spiro atoms. The van der Waals surface area contributed by atoms with Crippen molar-refractivity contribution in [3.63, 3.8) is 0 Å². The highest BCUT2D eigenvalue weighted by Gasteiger charge is 2.26. The van der Waals surface area contributed by atoms with Crippen LogP contribution in [0.15, 0.2) is 95.4 Å². The Kier molecular flexibility index (Phi) is 6.63. The standard InChI is InChI=1S/C27H21N5O3S/c33-24-16-15-22(31-32(24)21-9-5-2-6-10-21)26(35)30-27-29-23(17-36-27)18-11-13-20(14-12-18)28-25(34)19-7-3-1-4-8-19/h1-14,17H,15-16H2,(H,28,34)(H,29,30,35). The lowest BCUT2D eigenvalue weighted by Gasteiger charge is -2.22. The molecule has 0 atom stereocenters. The number of anilines is 3. The smallest absolute Gasteiger partial charge is 0.273 e. The Morgan fingerprint density at radius 3 is 2.22 bits per heavy atom. The molecule has 8 nitrogen and oxygen atoms in total. The summed E-state index contributed by atoms with van der Waals surface area (Å²) in [5, 5.41) is 13.5. The number of carbonyl (C=O) groups excluding carboxylic acids is 3. The Labute approximate surface area is 211 Å². The number of nitrogens with zero attached hydrogens (tertiary/aromatic N) is 3. The predicted octanol–water partition coefficient (Wildman–Crippen LogP) is 5.18.